The first-order chi connectivity index (χ1) is 19.2. The third kappa shape index (κ3) is 8.26. The van der Waals surface area contributed by atoms with Gasteiger partial charge >= 0.3 is 11.9 Å². The Kier molecular flexibility index (Phi) is 10.5. The van der Waals surface area contributed by atoms with Gasteiger partial charge in [-0.2, -0.15) is 0 Å². The first kappa shape index (κ1) is 29.6. The van der Waals surface area contributed by atoms with Crippen molar-refractivity contribution in [2.24, 2.45) is 5.11 Å². The normalized spacial score (nSPS) is 14.7. The second-order valence-electron chi connectivity index (χ2n) is 8.63. The second-order valence-corrected chi connectivity index (χ2v) is 8.63. The number of ether oxygens (including phenoxy) is 1. The molecule has 0 radical (unpaired) electrons. The van der Waals surface area contributed by atoms with Crippen LogP contribution in [0.15, 0.2) is 23.3 Å². The maximum atomic E-state index is 12.7. The smallest absolute Gasteiger partial charge is 0.364 e. The Hall–Kier alpha value is -4.98. The number of carbonyl (C=O) groups excluding carboxylic acids is 7. The van der Waals surface area contributed by atoms with Crippen LogP contribution < -0.4 is 10.1 Å². The first-order valence-corrected chi connectivity index (χ1v) is 12.4. The number of carbonyl (C=O) groups is 7. The Morgan fingerprint density at radius 1 is 0.825 bits per heavy atom. The fraction of sp³-hybridized carbons (Fsp3) is 0.458. The molecule has 40 heavy (non-hydrogen) atoms. The van der Waals surface area contributed by atoms with Crippen molar-refractivity contribution in [1.29, 1.82) is 0 Å². The summed E-state index contributed by atoms with van der Waals surface area (Å²) < 4.78 is 5.56. The average Bonchev–Trinajstić information content (AvgIpc) is 3.43. The van der Waals surface area contributed by atoms with Gasteiger partial charge in [0.25, 0.3) is 23.6 Å². The fourth-order valence-electron chi connectivity index (χ4n) is 3.64. The van der Waals surface area contributed by atoms with Crippen LogP contribution in [0.2, 0.25) is 0 Å². The van der Waals surface area contributed by atoms with Gasteiger partial charge in [0.1, 0.15) is 12.4 Å². The number of nitrogens with one attached hydrogen (secondary N) is 1. The summed E-state index contributed by atoms with van der Waals surface area (Å²) in [6, 6.07) is 3.39. The minimum Gasteiger partial charge on any atom is -0.492 e. The monoisotopic (exact) mass is 558 g/mol. The standard InChI is InChI=1S/C24H26N6O10/c25-28-27-9-3-1-2-4-18(31)26-10-11-38-17-13-15(23(36)39-29-19(32)5-6-20(29)33)12-16(14-17)24(37)40-30-21(34)7-8-22(30)35/h12-14H,1-11H2,(H,26,31). The van der Waals surface area contributed by atoms with Gasteiger partial charge < -0.3 is 19.7 Å². The van der Waals surface area contributed by atoms with Crippen molar-refractivity contribution in [2.45, 2.75) is 51.4 Å². The van der Waals surface area contributed by atoms with Crippen molar-refractivity contribution in [2.75, 3.05) is 19.7 Å². The van der Waals surface area contributed by atoms with E-state index < -0.39 is 35.6 Å². The molecule has 16 nitrogen and oxygen atoms in total. The summed E-state index contributed by atoms with van der Waals surface area (Å²) in [5.74, 6) is -5.38. The van der Waals surface area contributed by atoms with E-state index in [2.05, 4.69) is 15.3 Å². The van der Waals surface area contributed by atoms with Gasteiger partial charge in [-0.3, -0.25) is 24.0 Å². The lowest BCUT2D eigenvalue weighted by Gasteiger charge is -2.16. The molecule has 2 fully saturated rings. The van der Waals surface area contributed by atoms with Crippen LogP contribution in [0.1, 0.15) is 72.1 Å². The molecule has 2 aliphatic heterocycles. The fourth-order valence-corrected chi connectivity index (χ4v) is 3.64. The van der Waals surface area contributed by atoms with Gasteiger partial charge in [0, 0.05) is 43.6 Å². The lowest BCUT2D eigenvalue weighted by atomic mass is 10.1. The number of benzene rings is 1. The Morgan fingerprint density at radius 2 is 1.35 bits per heavy atom. The van der Waals surface area contributed by atoms with Crippen LogP contribution in [0.3, 0.4) is 0 Å². The van der Waals surface area contributed by atoms with Gasteiger partial charge in [-0.05, 0) is 36.6 Å². The maximum Gasteiger partial charge on any atom is 0.364 e. The van der Waals surface area contributed by atoms with Crippen LogP contribution >= 0.6 is 0 Å². The number of nitrogens with zero attached hydrogens (tertiary/aromatic N) is 5. The topological polar surface area (TPSA) is 214 Å². The Labute approximate surface area is 227 Å². The molecule has 2 aliphatic rings. The van der Waals surface area contributed by atoms with Gasteiger partial charge in [0.05, 0.1) is 17.7 Å². The van der Waals surface area contributed by atoms with Crippen molar-refractivity contribution in [1.82, 2.24) is 15.4 Å². The Balaban J connectivity index is 1.63. The average molecular weight is 559 g/mol. The highest BCUT2D eigenvalue weighted by molar-refractivity contribution is 6.04. The summed E-state index contributed by atoms with van der Waals surface area (Å²) in [4.78, 5) is 97.0. The van der Waals surface area contributed by atoms with E-state index >= 15 is 0 Å². The van der Waals surface area contributed by atoms with E-state index in [1.807, 2.05) is 0 Å². The lowest BCUT2D eigenvalue weighted by molar-refractivity contribution is -0.173. The lowest BCUT2D eigenvalue weighted by Crippen LogP contribution is -2.33. The van der Waals surface area contributed by atoms with Crippen molar-refractivity contribution in [3.8, 4) is 5.75 Å². The largest absolute Gasteiger partial charge is 0.492 e. The zero-order valence-corrected chi connectivity index (χ0v) is 21.3. The Bertz CT molecular complexity index is 1160. The number of unbranched alkanes of at least 4 members (excludes halogenated alkanes) is 2. The molecule has 0 spiro atoms. The predicted molar refractivity (Wildman–Crippen MR) is 130 cm³/mol. The molecule has 1 aromatic carbocycles. The molecule has 0 atom stereocenters. The number of azide groups is 1. The first-order valence-electron chi connectivity index (χ1n) is 12.4. The molecule has 0 aliphatic carbocycles. The van der Waals surface area contributed by atoms with Crippen molar-refractivity contribution < 1.29 is 48.0 Å². The van der Waals surface area contributed by atoms with E-state index in [0.29, 0.717) is 35.9 Å². The third-order valence-corrected chi connectivity index (χ3v) is 5.66. The minimum absolute atomic E-state index is 0.0353. The molecule has 2 heterocycles. The molecule has 2 saturated heterocycles. The van der Waals surface area contributed by atoms with Crippen molar-refractivity contribution in [3.63, 3.8) is 0 Å². The minimum atomic E-state index is -1.15. The number of rotatable bonds is 14. The highest BCUT2D eigenvalue weighted by Crippen LogP contribution is 2.22. The summed E-state index contributed by atoms with van der Waals surface area (Å²) in [6.45, 7) is 0.380. The van der Waals surface area contributed by atoms with Gasteiger partial charge in [-0.25, -0.2) is 9.59 Å². The van der Waals surface area contributed by atoms with Gasteiger partial charge in [0.2, 0.25) is 5.91 Å². The predicted octanol–water partition coefficient (Wildman–Crippen LogP) is 1.49. The van der Waals surface area contributed by atoms with Crippen LogP contribution in [0, 0.1) is 0 Å². The molecular weight excluding hydrogens is 532 g/mol. The number of amides is 5. The van der Waals surface area contributed by atoms with E-state index in [1.165, 1.54) is 12.1 Å². The van der Waals surface area contributed by atoms with Crippen LogP contribution in [0.5, 0.6) is 5.75 Å². The highest BCUT2D eigenvalue weighted by Gasteiger charge is 2.35. The molecule has 212 valence electrons. The van der Waals surface area contributed by atoms with Crippen LogP contribution in [0.25, 0.3) is 10.4 Å². The molecule has 0 aromatic heterocycles. The molecule has 16 heteroatoms. The summed E-state index contributed by atoms with van der Waals surface area (Å²) in [6.07, 6.45) is 1.78. The van der Waals surface area contributed by atoms with E-state index in [4.69, 9.17) is 19.9 Å². The third-order valence-electron chi connectivity index (χ3n) is 5.66. The Morgan fingerprint density at radius 3 is 1.85 bits per heavy atom. The number of imide groups is 2. The van der Waals surface area contributed by atoms with Crippen molar-refractivity contribution >= 4 is 41.5 Å². The van der Waals surface area contributed by atoms with E-state index in [9.17, 15) is 33.6 Å². The molecule has 3 rings (SSSR count). The van der Waals surface area contributed by atoms with Crippen LogP contribution in [-0.2, 0) is 33.6 Å². The second kappa shape index (κ2) is 14.2. The zero-order chi connectivity index (χ0) is 29.1. The van der Waals surface area contributed by atoms with Crippen molar-refractivity contribution in [3.05, 3.63) is 39.8 Å². The van der Waals surface area contributed by atoms with Crippen LogP contribution in [-0.4, -0.2) is 71.3 Å². The number of hydrogen-bond donors (Lipinski definition) is 1. The van der Waals surface area contributed by atoms with E-state index in [1.54, 1.807) is 0 Å². The molecule has 0 unspecified atom stereocenters. The van der Waals surface area contributed by atoms with Gasteiger partial charge in [-0.1, -0.05) is 11.5 Å². The zero-order valence-electron chi connectivity index (χ0n) is 21.3. The molecule has 5 amide bonds. The van der Waals surface area contributed by atoms with Crippen LogP contribution in [0.4, 0.5) is 0 Å². The number of hydrogen-bond acceptors (Lipinski definition) is 11. The van der Waals surface area contributed by atoms with Gasteiger partial charge in [0.15, 0.2) is 0 Å². The molecular formula is C24H26N6O10. The number of hydroxylamine groups is 4. The highest BCUT2D eigenvalue weighted by atomic mass is 16.7. The SMILES string of the molecule is [N-]=[N+]=NCCCCCC(=O)NCCOc1cc(C(=O)ON2C(=O)CCC2=O)cc(C(=O)ON2C(=O)CCC2=O)c1. The van der Waals surface area contributed by atoms with E-state index in [0.717, 1.165) is 6.07 Å². The molecule has 1 aromatic rings. The molecule has 0 bridgehead atoms. The summed E-state index contributed by atoms with van der Waals surface area (Å²) in [7, 11) is 0. The summed E-state index contributed by atoms with van der Waals surface area (Å²) in [5, 5.41) is 6.74. The molecule has 0 saturated carbocycles. The van der Waals surface area contributed by atoms with E-state index in [-0.39, 0.29) is 68.0 Å². The summed E-state index contributed by atoms with van der Waals surface area (Å²) >= 11 is 0. The maximum absolute atomic E-state index is 12.7. The quantitative estimate of drug-likeness (QED) is 0.114. The van der Waals surface area contributed by atoms with Gasteiger partial charge in [-0.15, -0.1) is 10.1 Å². The molecule has 1 N–H and O–H groups in total. The summed E-state index contributed by atoms with van der Waals surface area (Å²) in [5.41, 5.74) is 7.65.